The number of hydrogen-bond donors (Lipinski definition) is 0. The molecule has 84 valence electrons. The molecule has 0 aliphatic carbocycles. The van der Waals surface area contributed by atoms with Crippen molar-refractivity contribution >= 4 is 25.8 Å². The standard InChI is InChI=1S/C9H13BrN2O2S/c1-6(2)3-12-9(10)7-4-15(13,14)5-8(7)11-12/h6H,3-5H2,1-2H3. The number of halogens is 1. The Balaban J connectivity index is 2.36. The molecule has 0 bridgehead atoms. The maximum absolute atomic E-state index is 11.4. The van der Waals surface area contributed by atoms with Crippen LogP contribution < -0.4 is 0 Å². The lowest BCUT2D eigenvalue weighted by Gasteiger charge is -2.06. The molecule has 1 aliphatic rings. The maximum atomic E-state index is 11.4. The Bertz CT molecular complexity index is 490. The van der Waals surface area contributed by atoms with Crippen molar-refractivity contribution in [1.82, 2.24) is 9.78 Å². The summed E-state index contributed by atoms with van der Waals surface area (Å²) in [5.74, 6) is 0.713. The van der Waals surface area contributed by atoms with Crippen LogP contribution >= 0.6 is 15.9 Å². The van der Waals surface area contributed by atoms with Crippen molar-refractivity contribution in [2.45, 2.75) is 31.9 Å². The molecule has 2 heterocycles. The molecule has 0 saturated heterocycles. The van der Waals surface area contributed by atoms with E-state index in [1.807, 2.05) is 4.68 Å². The molecule has 1 aromatic heterocycles. The summed E-state index contributed by atoms with van der Waals surface area (Å²) in [6.07, 6.45) is 0. The van der Waals surface area contributed by atoms with Gasteiger partial charge in [0.1, 0.15) is 4.60 Å². The fourth-order valence-corrected chi connectivity index (χ4v) is 4.00. The molecule has 0 radical (unpaired) electrons. The van der Waals surface area contributed by atoms with Crippen LogP contribution in [0.5, 0.6) is 0 Å². The van der Waals surface area contributed by atoms with Gasteiger partial charge in [-0.15, -0.1) is 0 Å². The van der Waals surface area contributed by atoms with Crippen molar-refractivity contribution in [1.29, 1.82) is 0 Å². The van der Waals surface area contributed by atoms with E-state index in [0.717, 1.165) is 16.7 Å². The Morgan fingerprint density at radius 2 is 2.13 bits per heavy atom. The summed E-state index contributed by atoms with van der Waals surface area (Å²) >= 11 is 3.42. The van der Waals surface area contributed by atoms with E-state index in [4.69, 9.17) is 0 Å². The van der Waals surface area contributed by atoms with Gasteiger partial charge in [-0.25, -0.2) is 8.42 Å². The van der Waals surface area contributed by atoms with E-state index in [9.17, 15) is 8.42 Å². The predicted octanol–water partition coefficient (Wildman–Crippen LogP) is 1.73. The largest absolute Gasteiger partial charge is 0.258 e. The average Bonchev–Trinajstić information content (AvgIpc) is 2.48. The van der Waals surface area contributed by atoms with Crippen LogP contribution in [-0.4, -0.2) is 18.2 Å². The van der Waals surface area contributed by atoms with E-state index in [1.165, 1.54) is 0 Å². The molecule has 4 nitrogen and oxygen atoms in total. The number of rotatable bonds is 2. The lowest BCUT2D eigenvalue weighted by Crippen LogP contribution is -2.09. The van der Waals surface area contributed by atoms with Crippen molar-refractivity contribution in [2.75, 3.05) is 0 Å². The summed E-state index contributed by atoms with van der Waals surface area (Å²) in [7, 11) is -2.94. The monoisotopic (exact) mass is 292 g/mol. The van der Waals surface area contributed by atoms with Gasteiger partial charge in [0.2, 0.25) is 0 Å². The molecule has 15 heavy (non-hydrogen) atoms. The highest BCUT2D eigenvalue weighted by atomic mass is 79.9. The smallest absolute Gasteiger partial charge is 0.160 e. The molecule has 0 saturated carbocycles. The Morgan fingerprint density at radius 1 is 1.47 bits per heavy atom. The van der Waals surface area contributed by atoms with Crippen LogP contribution in [0.4, 0.5) is 0 Å². The normalized spacial score (nSPS) is 18.4. The van der Waals surface area contributed by atoms with Crippen LogP contribution in [0, 0.1) is 5.92 Å². The molecule has 0 amide bonds. The SMILES string of the molecule is CC(C)Cn1nc2c(c1Br)CS(=O)(=O)C2. The summed E-state index contributed by atoms with van der Waals surface area (Å²) in [4.78, 5) is 0. The summed E-state index contributed by atoms with van der Waals surface area (Å²) in [5.41, 5.74) is 1.55. The molecule has 0 aromatic carbocycles. The molecule has 1 aliphatic heterocycles. The van der Waals surface area contributed by atoms with Crippen molar-refractivity contribution in [3.63, 3.8) is 0 Å². The van der Waals surface area contributed by atoms with Gasteiger partial charge in [-0.05, 0) is 21.8 Å². The minimum absolute atomic E-state index is 0.0893. The summed E-state index contributed by atoms with van der Waals surface area (Å²) in [5, 5.41) is 4.32. The van der Waals surface area contributed by atoms with Crippen LogP contribution in [0.3, 0.4) is 0 Å². The third kappa shape index (κ3) is 2.10. The zero-order chi connectivity index (χ0) is 11.2. The lowest BCUT2D eigenvalue weighted by atomic mass is 10.2. The Labute approximate surface area is 97.7 Å². The number of aromatic nitrogens is 2. The third-order valence-corrected chi connectivity index (χ3v) is 4.65. The molecule has 0 spiro atoms. The first-order chi connectivity index (χ1) is 6.89. The van der Waals surface area contributed by atoms with Gasteiger partial charge >= 0.3 is 0 Å². The highest BCUT2D eigenvalue weighted by molar-refractivity contribution is 9.10. The fourth-order valence-electron chi connectivity index (χ4n) is 1.73. The molecular formula is C9H13BrN2O2S. The van der Waals surface area contributed by atoms with Crippen LogP contribution in [0.2, 0.25) is 0 Å². The summed E-state index contributed by atoms with van der Waals surface area (Å²) in [6.45, 7) is 5.03. The van der Waals surface area contributed by atoms with Gasteiger partial charge in [-0.3, -0.25) is 4.68 Å². The third-order valence-electron chi connectivity index (χ3n) is 2.32. The van der Waals surface area contributed by atoms with Crippen LogP contribution in [0.25, 0.3) is 0 Å². The maximum Gasteiger partial charge on any atom is 0.160 e. The number of fused-ring (bicyclic) bond motifs is 1. The molecule has 6 heteroatoms. The number of hydrogen-bond acceptors (Lipinski definition) is 3. The second kappa shape index (κ2) is 3.59. The van der Waals surface area contributed by atoms with E-state index < -0.39 is 9.84 Å². The quantitative estimate of drug-likeness (QED) is 0.834. The molecular weight excluding hydrogens is 280 g/mol. The Hall–Kier alpha value is -0.360. The van der Waals surface area contributed by atoms with Crippen LogP contribution in [0.1, 0.15) is 25.1 Å². The highest BCUT2D eigenvalue weighted by Gasteiger charge is 2.31. The van der Waals surface area contributed by atoms with Gasteiger partial charge in [0.05, 0.1) is 17.2 Å². The zero-order valence-corrected chi connectivity index (χ0v) is 11.1. The first-order valence-corrected chi connectivity index (χ1v) is 7.45. The molecule has 0 fully saturated rings. The summed E-state index contributed by atoms with van der Waals surface area (Å²) < 4.78 is 25.4. The van der Waals surface area contributed by atoms with Gasteiger partial charge in [0.15, 0.2) is 9.84 Å². The van der Waals surface area contributed by atoms with Crippen molar-refractivity contribution in [3.05, 3.63) is 15.9 Å². The van der Waals surface area contributed by atoms with Crippen LogP contribution in [-0.2, 0) is 27.9 Å². The zero-order valence-electron chi connectivity index (χ0n) is 8.70. The van der Waals surface area contributed by atoms with Crippen molar-refractivity contribution in [2.24, 2.45) is 5.92 Å². The second-order valence-corrected chi connectivity index (χ2v) is 7.14. The topological polar surface area (TPSA) is 52.0 Å². The van der Waals surface area contributed by atoms with E-state index in [2.05, 4.69) is 34.9 Å². The highest BCUT2D eigenvalue weighted by Crippen LogP contribution is 2.31. The second-order valence-electron chi connectivity index (χ2n) is 4.32. The minimum atomic E-state index is -2.94. The fraction of sp³-hybridized carbons (Fsp3) is 0.667. The van der Waals surface area contributed by atoms with Gasteiger partial charge in [0.25, 0.3) is 0 Å². The molecule has 0 atom stereocenters. The van der Waals surface area contributed by atoms with Crippen molar-refractivity contribution < 1.29 is 8.42 Å². The molecule has 2 rings (SSSR count). The van der Waals surface area contributed by atoms with Gasteiger partial charge in [-0.2, -0.15) is 5.10 Å². The lowest BCUT2D eigenvalue weighted by molar-refractivity contribution is 0.473. The minimum Gasteiger partial charge on any atom is -0.258 e. The number of nitrogens with zero attached hydrogens (tertiary/aromatic N) is 2. The van der Waals surface area contributed by atoms with Gasteiger partial charge in [0, 0.05) is 12.1 Å². The van der Waals surface area contributed by atoms with Gasteiger partial charge in [-0.1, -0.05) is 13.8 Å². The van der Waals surface area contributed by atoms with E-state index in [-0.39, 0.29) is 11.5 Å². The van der Waals surface area contributed by atoms with Crippen LogP contribution in [0.15, 0.2) is 4.60 Å². The van der Waals surface area contributed by atoms with E-state index >= 15 is 0 Å². The Kier molecular flexibility index (Phi) is 2.66. The van der Waals surface area contributed by atoms with Gasteiger partial charge < -0.3 is 0 Å². The molecule has 0 unspecified atom stereocenters. The first-order valence-electron chi connectivity index (χ1n) is 4.83. The molecule has 0 N–H and O–H groups in total. The predicted molar refractivity (Wildman–Crippen MR) is 61.1 cm³/mol. The Morgan fingerprint density at radius 3 is 2.67 bits per heavy atom. The first kappa shape index (κ1) is 11.1. The number of sulfone groups is 1. The average molecular weight is 293 g/mol. The molecule has 1 aromatic rings. The summed E-state index contributed by atoms with van der Waals surface area (Å²) in [6, 6.07) is 0. The van der Waals surface area contributed by atoms with E-state index in [0.29, 0.717) is 11.6 Å². The van der Waals surface area contributed by atoms with E-state index in [1.54, 1.807) is 0 Å². The van der Waals surface area contributed by atoms with Crippen molar-refractivity contribution in [3.8, 4) is 0 Å².